The number of carbonyl (C=O) groups excluding carboxylic acids is 1. The number of pyridine rings is 1. The van der Waals surface area contributed by atoms with Crippen molar-refractivity contribution in [2.45, 2.75) is 13.5 Å². The van der Waals surface area contributed by atoms with E-state index in [9.17, 15) is 9.18 Å². The van der Waals surface area contributed by atoms with Gasteiger partial charge in [0.2, 0.25) is 0 Å². The fraction of sp³-hybridized carbons (Fsp3) is 0.118. The average Bonchev–Trinajstić information content (AvgIpc) is 3.23. The number of hydrogen-bond donors (Lipinski definition) is 1. The molecule has 0 saturated carbocycles. The molecule has 3 aromatic heterocycles. The van der Waals surface area contributed by atoms with Crippen molar-refractivity contribution in [3.05, 3.63) is 42.0 Å². The molecule has 9 heteroatoms. The van der Waals surface area contributed by atoms with E-state index in [4.69, 9.17) is 5.73 Å². The van der Waals surface area contributed by atoms with E-state index in [1.165, 1.54) is 12.1 Å². The van der Waals surface area contributed by atoms with Crippen LogP contribution in [0.15, 0.2) is 35.2 Å². The minimum atomic E-state index is -0.595. The van der Waals surface area contributed by atoms with Crippen LogP contribution in [0.4, 0.5) is 10.2 Å². The second-order valence-electron chi connectivity index (χ2n) is 5.59. The van der Waals surface area contributed by atoms with Gasteiger partial charge in [-0.1, -0.05) is 6.07 Å². The fourth-order valence-electron chi connectivity index (χ4n) is 2.93. The number of anilines is 1. The Labute approximate surface area is 146 Å². The lowest BCUT2D eigenvalue weighted by Crippen LogP contribution is -2.01. The molecule has 4 aromatic rings. The summed E-state index contributed by atoms with van der Waals surface area (Å²) < 4.78 is 20.6. The molecule has 0 fully saturated rings. The fourth-order valence-corrected chi connectivity index (χ4v) is 2.93. The Balaban J connectivity index is 2.00. The number of aldehydes is 1. The maximum Gasteiger partial charge on any atom is 0.199 e. The first-order valence-corrected chi connectivity index (χ1v) is 7.81. The van der Waals surface area contributed by atoms with Crippen LogP contribution in [0.3, 0.4) is 0 Å². The van der Waals surface area contributed by atoms with Crippen LogP contribution >= 0.6 is 0 Å². The second-order valence-corrected chi connectivity index (χ2v) is 5.59. The summed E-state index contributed by atoms with van der Waals surface area (Å²) in [5.74, 6) is 0.0219. The van der Waals surface area contributed by atoms with E-state index >= 15 is 0 Å². The summed E-state index contributed by atoms with van der Waals surface area (Å²) in [4.78, 5) is 19.6. The third-order valence-corrected chi connectivity index (χ3v) is 4.13. The zero-order valence-electron chi connectivity index (χ0n) is 13.7. The lowest BCUT2D eigenvalue weighted by atomic mass is 10.0. The maximum atomic E-state index is 14.1. The average molecular weight is 352 g/mol. The molecular weight excluding hydrogens is 339 g/mol. The highest BCUT2D eigenvalue weighted by Gasteiger charge is 2.21. The summed E-state index contributed by atoms with van der Waals surface area (Å²) >= 11 is 0. The molecule has 130 valence electrons. The highest BCUT2D eigenvalue weighted by atomic mass is 19.1. The van der Waals surface area contributed by atoms with E-state index in [1.807, 2.05) is 11.5 Å². The Morgan fingerprint density at radius 1 is 1.31 bits per heavy atom. The third-order valence-electron chi connectivity index (χ3n) is 4.13. The zero-order chi connectivity index (χ0) is 18.3. The molecule has 26 heavy (non-hydrogen) atoms. The minimum Gasteiger partial charge on any atom is -0.379 e. The smallest absolute Gasteiger partial charge is 0.199 e. The van der Waals surface area contributed by atoms with Crippen LogP contribution in [0.2, 0.25) is 0 Å². The molecular formula is C17H13FN6O2. The molecule has 0 atom stereocenters. The number of aryl methyl sites for hydroxylation is 1. The lowest BCUT2D eigenvalue weighted by molar-refractivity contribution is 0.112. The van der Waals surface area contributed by atoms with Crippen LogP contribution in [-0.4, -0.2) is 31.1 Å². The highest BCUT2D eigenvalue weighted by molar-refractivity contribution is 5.94. The third kappa shape index (κ3) is 2.32. The number of benzene rings is 1. The van der Waals surface area contributed by atoms with Crippen LogP contribution in [0.1, 0.15) is 17.3 Å². The van der Waals surface area contributed by atoms with Gasteiger partial charge in [-0.3, -0.25) is 9.78 Å². The van der Waals surface area contributed by atoms with E-state index in [2.05, 4.69) is 24.9 Å². The van der Waals surface area contributed by atoms with E-state index < -0.39 is 5.82 Å². The highest BCUT2D eigenvalue weighted by Crippen LogP contribution is 2.33. The summed E-state index contributed by atoms with van der Waals surface area (Å²) in [6.45, 7) is 2.50. The van der Waals surface area contributed by atoms with Gasteiger partial charge < -0.3 is 10.3 Å². The molecule has 2 N–H and O–H groups in total. The van der Waals surface area contributed by atoms with Gasteiger partial charge in [-0.2, -0.15) is 0 Å². The number of hydrogen-bond acceptors (Lipinski definition) is 7. The summed E-state index contributed by atoms with van der Waals surface area (Å²) in [7, 11) is 0. The zero-order valence-corrected chi connectivity index (χ0v) is 13.7. The monoisotopic (exact) mass is 352 g/mol. The van der Waals surface area contributed by atoms with E-state index in [0.717, 1.165) is 5.52 Å². The first-order valence-electron chi connectivity index (χ1n) is 7.81. The van der Waals surface area contributed by atoms with Crippen molar-refractivity contribution in [2.75, 3.05) is 5.73 Å². The van der Waals surface area contributed by atoms with Gasteiger partial charge in [0.05, 0.1) is 17.3 Å². The Morgan fingerprint density at radius 3 is 2.81 bits per heavy atom. The predicted octanol–water partition coefficient (Wildman–Crippen LogP) is 2.70. The van der Waals surface area contributed by atoms with Gasteiger partial charge in [-0.25, -0.2) is 14.0 Å². The molecule has 0 saturated heterocycles. The molecule has 0 spiro atoms. The standard InChI is InChI=1S/C17H13FN6O2/c1-2-24-15-11(9-3-4-10(8-25)12(18)5-9)6-20-7-13(15)21-17(24)14-16(19)23-26-22-14/h3-8H,2H2,1H3,(H2,19,23). The number of halogens is 1. The molecule has 0 radical (unpaired) electrons. The number of fused-ring (bicyclic) bond motifs is 1. The minimum absolute atomic E-state index is 0.0000162. The largest absolute Gasteiger partial charge is 0.379 e. The molecule has 0 bridgehead atoms. The Hall–Kier alpha value is -3.62. The number of carbonyl (C=O) groups is 1. The molecule has 0 aliphatic carbocycles. The maximum absolute atomic E-state index is 14.1. The van der Waals surface area contributed by atoms with Crippen LogP contribution in [0.5, 0.6) is 0 Å². The van der Waals surface area contributed by atoms with Gasteiger partial charge in [0.25, 0.3) is 0 Å². The molecule has 3 heterocycles. The topological polar surface area (TPSA) is 113 Å². The van der Waals surface area contributed by atoms with E-state index in [1.54, 1.807) is 18.5 Å². The summed E-state index contributed by atoms with van der Waals surface area (Å²) in [6.07, 6.45) is 3.71. The van der Waals surface area contributed by atoms with Crippen molar-refractivity contribution in [1.29, 1.82) is 0 Å². The molecule has 0 aliphatic heterocycles. The van der Waals surface area contributed by atoms with Gasteiger partial charge in [0, 0.05) is 18.3 Å². The van der Waals surface area contributed by atoms with Crippen molar-refractivity contribution in [3.8, 4) is 22.6 Å². The van der Waals surface area contributed by atoms with Crippen LogP contribution < -0.4 is 5.73 Å². The Bertz CT molecular complexity index is 1130. The van der Waals surface area contributed by atoms with Gasteiger partial charge >= 0.3 is 0 Å². The van der Waals surface area contributed by atoms with Crippen molar-refractivity contribution >= 4 is 23.1 Å². The molecule has 0 aliphatic rings. The normalized spacial score (nSPS) is 11.2. The lowest BCUT2D eigenvalue weighted by Gasteiger charge is -2.09. The summed E-state index contributed by atoms with van der Waals surface area (Å²) in [5.41, 5.74) is 8.73. The summed E-state index contributed by atoms with van der Waals surface area (Å²) in [6, 6.07) is 4.41. The number of nitrogens with two attached hydrogens (primary N) is 1. The number of nitrogens with zero attached hydrogens (tertiary/aromatic N) is 5. The van der Waals surface area contributed by atoms with Crippen LogP contribution in [0, 0.1) is 5.82 Å². The van der Waals surface area contributed by atoms with Crippen molar-refractivity contribution < 1.29 is 13.8 Å². The van der Waals surface area contributed by atoms with Gasteiger partial charge in [0.15, 0.2) is 23.6 Å². The first-order chi connectivity index (χ1) is 12.6. The number of rotatable bonds is 4. The van der Waals surface area contributed by atoms with Gasteiger partial charge in [-0.05, 0) is 34.9 Å². The van der Waals surface area contributed by atoms with Crippen molar-refractivity contribution in [2.24, 2.45) is 0 Å². The molecule has 8 nitrogen and oxygen atoms in total. The Kier molecular flexibility index (Phi) is 3.68. The molecule has 0 amide bonds. The summed E-state index contributed by atoms with van der Waals surface area (Å²) in [5, 5.41) is 7.41. The van der Waals surface area contributed by atoms with Crippen LogP contribution in [0.25, 0.3) is 33.7 Å². The second kappa shape index (κ2) is 6.03. The van der Waals surface area contributed by atoms with E-state index in [0.29, 0.717) is 41.0 Å². The predicted molar refractivity (Wildman–Crippen MR) is 91.7 cm³/mol. The van der Waals surface area contributed by atoms with Crippen LogP contribution in [-0.2, 0) is 6.54 Å². The van der Waals surface area contributed by atoms with E-state index in [-0.39, 0.29) is 11.4 Å². The molecule has 1 aromatic carbocycles. The first kappa shape index (κ1) is 15.9. The molecule has 0 unspecified atom stereocenters. The quantitative estimate of drug-likeness (QED) is 0.562. The molecule has 4 rings (SSSR count). The van der Waals surface area contributed by atoms with Gasteiger partial charge in [0.1, 0.15) is 11.3 Å². The van der Waals surface area contributed by atoms with Gasteiger partial charge in [-0.15, -0.1) is 0 Å². The van der Waals surface area contributed by atoms with Crippen molar-refractivity contribution in [1.82, 2.24) is 24.8 Å². The Morgan fingerprint density at radius 2 is 2.15 bits per heavy atom. The number of imidazole rings is 1. The number of aromatic nitrogens is 5. The number of nitrogen functional groups attached to an aromatic ring is 1. The van der Waals surface area contributed by atoms with Crippen molar-refractivity contribution in [3.63, 3.8) is 0 Å². The SMILES string of the molecule is CCn1c(-c2nonc2N)nc2cncc(-c3ccc(C=O)c(F)c3)c21.